The molecule has 1 fully saturated rings. The Hall–Kier alpha value is -1.72. The molecule has 2 heterocycles. The summed E-state index contributed by atoms with van der Waals surface area (Å²) in [7, 11) is 0. The molecule has 2 aromatic rings. The van der Waals surface area contributed by atoms with E-state index in [1.54, 1.807) is 18.0 Å². The highest BCUT2D eigenvalue weighted by Gasteiger charge is 2.25. The maximum absolute atomic E-state index is 12.4. The standard InChI is InChI=1S/C19H24N2O2S/c22-19(20-10-13-24-18-8-2-1-3-9-18)16-6-4-11-21(14-16)15-17-7-5-12-23-17/h1-3,5,7-9,12,16H,4,6,10-11,13-15H2,(H,20,22). The summed E-state index contributed by atoms with van der Waals surface area (Å²) >= 11 is 1.77. The second-order valence-corrected chi connectivity index (χ2v) is 7.27. The van der Waals surface area contributed by atoms with E-state index in [-0.39, 0.29) is 11.8 Å². The molecule has 5 heteroatoms. The van der Waals surface area contributed by atoms with Crippen LogP contribution in [-0.2, 0) is 11.3 Å². The van der Waals surface area contributed by atoms with Gasteiger partial charge in [-0.1, -0.05) is 18.2 Å². The SMILES string of the molecule is O=C(NCCSc1ccccc1)C1CCCN(Cc2ccco2)C1. The van der Waals surface area contributed by atoms with Gasteiger partial charge in [-0.05, 0) is 43.7 Å². The highest BCUT2D eigenvalue weighted by Crippen LogP contribution is 2.19. The summed E-state index contributed by atoms with van der Waals surface area (Å²) in [5, 5.41) is 3.09. The predicted molar refractivity (Wildman–Crippen MR) is 96.9 cm³/mol. The molecule has 1 aliphatic heterocycles. The average molecular weight is 344 g/mol. The number of furan rings is 1. The summed E-state index contributed by atoms with van der Waals surface area (Å²) in [5.41, 5.74) is 0. The van der Waals surface area contributed by atoms with Gasteiger partial charge in [-0.3, -0.25) is 9.69 Å². The summed E-state index contributed by atoms with van der Waals surface area (Å²) in [5.74, 6) is 2.15. The molecular formula is C19H24N2O2S. The van der Waals surface area contributed by atoms with E-state index in [1.165, 1.54) is 4.90 Å². The summed E-state index contributed by atoms with van der Waals surface area (Å²) in [6.07, 6.45) is 3.75. The third-order valence-electron chi connectivity index (χ3n) is 4.25. The molecule has 0 aliphatic carbocycles. The van der Waals surface area contributed by atoms with E-state index in [4.69, 9.17) is 4.42 Å². The van der Waals surface area contributed by atoms with Crippen LogP contribution in [-0.4, -0.2) is 36.2 Å². The number of thioether (sulfide) groups is 1. The van der Waals surface area contributed by atoms with Crippen molar-refractivity contribution in [1.82, 2.24) is 10.2 Å². The van der Waals surface area contributed by atoms with E-state index in [1.807, 2.05) is 30.3 Å². The largest absolute Gasteiger partial charge is 0.468 e. The molecule has 1 saturated heterocycles. The number of benzene rings is 1. The number of carbonyl (C=O) groups excluding carboxylic acids is 1. The number of carbonyl (C=O) groups is 1. The Kier molecular flexibility index (Phi) is 6.38. The van der Waals surface area contributed by atoms with Crippen molar-refractivity contribution in [2.24, 2.45) is 5.92 Å². The number of likely N-dealkylation sites (tertiary alicyclic amines) is 1. The fourth-order valence-electron chi connectivity index (χ4n) is 3.04. The number of nitrogens with one attached hydrogen (secondary N) is 1. The lowest BCUT2D eigenvalue weighted by atomic mass is 9.97. The van der Waals surface area contributed by atoms with Gasteiger partial charge in [0.2, 0.25) is 5.91 Å². The Morgan fingerprint density at radius 1 is 1.25 bits per heavy atom. The molecule has 1 aromatic carbocycles. The van der Waals surface area contributed by atoms with Crippen molar-refractivity contribution in [2.45, 2.75) is 24.3 Å². The second kappa shape index (κ2) is 8.94. The van der Waals surface area contributed by atoms with E-state index in [2.05, 4.69) is 22.3 Å². The van der Waals surface area contributed by atoms with Gasteiger partial charge in [0.15, 0.2) is 0 Å². The van der Waals surface area contributed by atoms with Crippen molar-refractivity contribution in [1.29, 1.82) is 0 Å². The van der Waals surface area contributed by atoms with E-state index >= 15 is 0 Å². The zero-order valence-electron chi connectivity index (χ0n) is 13.8. The van der Waals surface area contributed by atoms with Crippen LogP contribution in [0.4, 0.5) is 0 Å². The molecular weight excluding hydrogens is 320 g/mol. The first kappa shape index (κ1) is 17.1. The molecule has 4 nitrogen and oxygen atoms in total. The van der Waals surface area contributed by atoms with Crippen LogP contribution in [0.1, 0.15) is 18.6 Å². The van der Waals surface area contributed by atoms with Crippen LogP contribution >= 0.6 is 11.8 Å². The summed E-state index contributed by atoms with van der Waals surface area (Å²) in [4.78, 5) is 15.9. The molecule has 0 saturated carbocycles. The molecule has 1 aromatic heterocycles. The second-order valence-electron chi connectivity index (χ2n) is 6.11. The Morgan fingerprint density at radius 2 is 2.12 bits per heavy atom. The lowest BCUT2D eigenvalue weighted by Crippen LogP contribution is -2.43. The minimum atomic E-state index is 0.0930. The third kappa shape index (κ3) is 5.14. The fraction of sp³-hybridized carbons (Fsp3) is 0.421. The zero-order valence-corrected chi connectivity index (χ0v) is 14.6. The Bertz CT molecular complexity index is 616. The van der Waals surface area contributed by atoms with Gasteiger partial charge >= 0.3 is 0 Å². The molecule has 128 valence electrons. The van der Waals surface area contributed by atoms with Crippen LogP contribution in [0.2, 0.25) is 0 Å². The van der Waals surface area contributed by atoms with E-state index in [9.17, 15) is 4.79 Å². The van der Waals surface area contributed by atoms with Crippen molar-refractivity contribution < 1.29 is 9.21 Å². The van der Waals surface area contributed by atoms with Crippen molar-refractivity contribution in [3.05, 3.63) is 54.5 Å². The van der Waals surface area contributed by atoms with Gasteiger partial charge in [-0.25, -0.2) is 0 Å². The van der Waals surface area contributed by atoms with Crippen LogP contribution in [0.5, 0.6) is 0 Å². The summed E-state index contributed by atoms with van der Waals surface area (Å²) in [6.45, 7) is 3.36. The minimum Gasteiger partial charge on any atom is -0.468 e. The van der Waals surface area contributed by atoms with Crippen LogP contribution < -0.4 is 5.32 Å². The molecule has 0 bridgehead atoms. The van der Waals surface area contributed by atoms with Gasteiger partial charge in [-0.2, -0.15) is 0 Å². The lowest BCUT2D eigenvalue weighted by Gasteiger charge is -2.31. The van der Waals surface area contributed by atoms with E-state index in [0.717, 1.165) is 44.0 Å². The normalized spacial score (nSPS) is 18.4. The minimum absolute atomic E-state index is 0.0930. The summed E-state index contributed by atoms with van der Waals surface area (Å²) < 4.78 is 5.41. The molecule has 1 amide bonds. The van der Waals surface area contributed by atoms with Gasteiger partial charge in [-0.15, -0.1) is 11.8 Å². The monoisotopic (exact) mass is 344 g/mol. The zero-order chi connectivity index (χ0) is 16.6. The quantitative estimate of drug-likeness (QED) is 0.618. The molecule has 1 N–H and O–H groups in total. The van der Waals surface area contributed by atoms with Gasteiger partial charge in [0.05, 0.1) is 18.7 Å². The number of hydrogen-bond acceptors (Lipinski definition) is 4. The van der Waals surface area contributed by atoms with Crippen LogP contribution in [0.25, 0.3) is 0 Å². The highest BCUT2D eigenvalue weighted by molar-refractivity contribution is 7.99. The first-order chi connectivity index (χ1) is 11.8. The molecule has 1 atom stereocenters. The Labute approximate surface area is 147 Å². The first-order valence-electron chi connectivity index (χ1n) is 8.51. The number of amides is 1. The maximum atomic E-state index is 12.4. The average Bonchev–Trinajstić information content (AvgIpc) is 3.13. The van der Waals surface area contributed by atoms with Crippen molar-refractivity contribution >= 4 is 17.7 Å². The third-order valence-corrected chi connectivity index (χ3v) is 5.26. The number of hydrogen-bond donors (Lipinski definition) is 1. The predicted octanol–water partition coefficient (Wildman–Crippen LogP) is 3.40. The number of nitrogens with zero attached hydrogens (tertiary/aromatic N) is 1. The molecule has 24 heavy (non-hydrogen) atoms. The fourth-order valence-corrected chi connectivity index (χ4v) is 3.83. The van der Waals surface area contributed by atoms with Crippen LogP contribution in [0.15, 0.2) is 58.0 Å². The van der Waals surface area contributed by atoms with Gasteiger partial charge in [0.25, 0.3) is 0 Å². The molecule has 0 spiro atoms. The number of rotatable bonds is 7. The van der Waals surface area contributed by atoms with Gasteiger partial charge in [0.1, 0.15) is 5.76 Å². The maximum Gasteiger partial charge on any atom is 0.224 e. The van der Waals surface area contributed by atoms with Crippen molar-refractivity contribution in [3.8, 4) is 0 Å². The first-order valence-corrected chi connectivity index (χ1v) is 9.50. The molecule has 3 rings (SSSR count). The number of piperidine rings is 1. The Balaban J connectivity index is 1.38. The topological polar surface area (TPSA) is 45.5 Å². The van der Waals surface area contributed by atoms with Gasteiger partial charge in [0, 0.05) is 23.7 Å². The lowest BCUT2D eigenvalue weighted by molar-refractivity contribution is -0.126. The highest BCUT2D eigenvalue weighted by atomic mass is 32.2. The van der Waals surface area contributed by atoms with Crippen molar-refractivity contribution in [2.75, 3.05) is 25.4 Å². The van der Waals surface area contributed by atoms with E-state index in [0.29, 0.717) is 6.54 Å². The molecule has 1 aliphatic rings. The van der Waals surface area contributed by atoms with Crippen LogP contribution in [0, 0.1) is 5.92 Å². The van der Waals surface area contributed by atoms with Crippen molar-refractivity contribution in [3.63, 3.8) is 0 Å². The summed E-state index contributed by atoms with van der Waals surface area (Å²) in [6, 6.07) is 14.2. The molecule has 1 unspecified atom stereocenters. The molecule has 0 radical (unpaired) electrons. The van der Waals surface area contributed by atoms with Gasteiger partial charge < -0.3 is 9.73 Å². The Morgan fingerprint density at radius 3 is 2.92 bits per heavy atom. The van der Waals surface area contributed by atoms with E-state index < -0.39 is 0 Å². The smallest absolute Gasteiger partial charge is 0.224 e. The van der Waals surface area contributed by atoms with Crippen LogP contribution in [0.3, 0.4) is 0 Å².